The molecule has 0 bridgehead atoms. The zero-order chi connectivity index (χ0) is 23.4. The van der Waals surface area contributed by atoms with E-state index < -0.39 is 15.8 Å². The van der Waals surface area contributed by atoms with Gasteiger partial charge in [-0.15, -0.1) is 0 Å². The van der Waals surface area contributed by atoms with Gasteiger partial charge in [-0.05, 0) is 48.2 Å². The highest BCUT2D eigenvalue weighted by molar-refractivity contribution is 7.87. The number of carbonyl (C=O) groups excluding carboxylic acids is 2. The van der Waals surface area contributed by atoms with E-state index in [0.717, 1.165) is 20.5 Å². The van der Waals surface area contributed by atoms with Crippen LogP contribution >= 0.6 is 0 Å². The highest BCUT2D eigenvalue weighted by Gasteiger charge is 2.50. The third-order valence-electron chi connectivity index (χ3n) is 6.37. The molecule has 0 unspecified atom stereocenters. The Kier molecular flexibility index (Phi) is 5.04. The normalized spacial score (nSPS) is 17.9. The van der Waals surface area contributed by atoms with E-state index in [4.69, 9.17) is 5.14 Å². The second-order valence-electron chi connectivity index (χ2n) is 8.62. The highest BCUT2D eigenvalue weighted by atomic mass is 32.2. The Labute approximate surface area is 191 Å². The second-order valence-corrected chi connectivity index (χ2v) is 10.0. The Bertz CT molecular complexity index is 1350. The van der Waals surface area contributed by atoms with Gasteiger partial charge < -0.3 is 14.9 Å². The molecule has 172 valence electrons. The van der Waals surface area contributed by atoms with Crippen molar-refractivity contribution in [2.24, 2.45) is 5.14 Å². The van der Waals surface area contributed by atoms with Gasteiger partial charge in [-0.2, -0.15) is 8.42 Å². The molecule has 1 aliphatic carbocycles. The molecule has 2 amide bonds. The third kappa shape index (κ3) is 4.01. The molecule has 1 aliphatic heterocycles. The van der Waals surface area contributed by atoms with Crippen molar-refractivity contribution in [2.75, 3.05) is 26.2 Å². The predicted molar refractivity (Wildman–Crippen MR) is 123 cm³/mol. The van der Waals surface area contributed by atoms with Crippen LogP contribution in [0.2, 0.25) is 0 Å². The van der Waals surface area contributed by atoms with E-state index in [1.807, 2.05) is 24.3 Å². The van der Waals surface area contributed by atoms with Crippen molar-refractivity contribution >= 4 is 32.9 Å². The van der Waals surface area contributed by atoms with Gasteiger partial charge in [0.2, 0.25) is 0 Å². The number of hydrogen-bond acceptors (Lipinski definition) is 5. The molecule has 3 aromatic rings. The van der Waals surface area contributed by atoms with Crippen molar-refractivity contribution in [1.29, 1.82) is 0 Å². The van der Waals surface area contributed by atoms with Crippen LogP contribution in [0, 0.1) is 0 Å². The minimum atomic E-state index is -3.90. The summed E-state index contributed by atoms with van der Waals surface area (Å²) in [7, 11) is -3.90. The smallest absolute Gasteiger partial charge is 0.302 e. The van der Waals surface area contributed by atoms with E-state index in [2.05, 4.69) is 0 Å². The van der Waals surface area contributed by atoms with Crippen molar-refractivity contribution in [3.8, 4) is 11.1 Å². The monoisotopic (exact) mass is 468 g/mol. The molecule has 0 radical (unpaired) electrons. The molecule has 2 heterocycles. The predicted octanol–water partition coefficient (Wildman–Crippen LogP) is 1.17. The summed E-state index contributed by atoms with van der Waals surface area (Å²) in [5.41, 5.74) is 1.48. The van der Waals surface area contributed by atoms with Crippen molar-refractivity contribution in [3.63, 3.8) is 0 Å². The fourth-order valence-corrected chi connectivity index (χ4v) is 4.90. The molecule has 1 aromatic heterocycles. The van der Waals surface area contributed by atoms with E-state index in [-0.39, 0.29) is 11.8 Å². The van der Waals surface area contributed by atoms with Gasteiger partial charge in [0.05, 0.1) is 5.52 Å². The lowest BCUT2D eigenvalue weighted by atomic mass is 10.0. The van der Waals surface area contributed by atoms with Gasteiger partial charge in [0.1, 0.15) is 5.60 Å². The van der Waals surface area contributed by atoms with E-state index in [1.54, 1.807) is 34.1 Å². The molecule has 3 N–H and O–H groups in total. The van der Waals surface area contributed by atoms with Crippen molar-refractivity contribution in [2.45, 2.75) is 18.4 Å². The Balaban J connectivity index is 1.30. The number of nitrogens with two attached hydrogens (primary N) is 1. The zero-order valence-electron chi connectivity index (χ0n) is 17.8. The first-order valence-electron chi connectivity index (χ1n) is 10.7. The van der Waals surface area contributed by atoms with E-state index >= 15 is 0 Å². The van der Waals surface area contributed by atoms with Crippen molar-refractivity contribution < 1.29 is 23.1 Å². The topological polar surface area (TPSA) is 126 Å². The number of rotatable bonds is 4. The number of nitrogens with zero attached hydrogens (tertiary/aromatic N) is 3. The molecule has 2 fully saturated rings. The Morgan fingerprint density at radius 2 is 1.48 bits per heavy atom. The summed E-state index contributed by atoms with van der Waals surface area (Å²) in [6.07, 6.45) is 2.44. The van der Waals surface area contributed by atoms with Crippen LogP contribution in [-0.2, 0) is 15.0 Å². The number of carbonyl (C=O) groups is 2. The molecule has 5 rings (SSSR count). The van der Waals surface area contributed by atoms with Crippen LogP contribution in [0.15, 0.2) is 54.7 Å². The fraction of sp³-hybridized carbons (Fsp3) is 0.304. The average Bonchev–Trinajstić information content (AvgIpc) is 3.41. The number of aliphatic hydroxyl groups is 1. The van der Waals surface area contributed by atoms with Crippen molar-refractivity contribution in [3.05, 3.63) is 60.3 Å². The van der Waals surface area contributed by atoms with Gasteiger partial charge in [0, 0.05) is 43.3 Å². The zero-order valence-corrected chi connectivity index (χ0v) is 18.7. The fourth-order valence-electron chi connectivity index (χ4n) is 4.23. The first-order valence-corrected chi connectivity index (χ1v) is 12.2. The Morgan fingerprint density at radius 1 is 0.879 bits per heavy atom. The molecule has 0 atom stereocenters. The van der Waals surface area contributed by atoms with Gasteiger partial charge in [0.15, 0.2) is 0 Å². The number of benzene rings is 2. The van der Waals surface area contributed by atoms with Gasteiger partial charge in [-0.25, -0.2) is 9.11 Å². The van der Waals surface area contributed by atoms with Crippen LogP contribution in [0.5, 0.6) is 0 Å². The maximum absolute atomic E-state index is 12.9. The van der Waals surface area contributed by atoms with Crippen LogP contribution in [0.3, 0.4) is 0 Å². The molecule has 2 aliphatic rings. The molecule has 1 saturated heterocycles. The molecule has 9 nitrogen and oxygen atoms in total. The van der Waals surface area contributed by atoms with Gasteiger partial charge in [-0.1, -0.05) is 24.3 Å². The highest BCUT2D eigenvalue weighted by Crippen LogP contribution is 2.37. The minimum absolute atomic E-state index is 0.114. The molecule has 33 heavy (non-hydrogen) atoms. The molecular formula is C23H24N4O5S. The third-order valence-corrected chi connectivity index (χ3v) is 7.24. The summed E-state index contributed by atoms with van der Waals surface area (Å²) in [6.45, 7) is 1.66. The number of piperazine rings is 1. The largest absolute Gasteiger partial charge is 0.380 e. The van der Waals surface area contributed by atoms with Crippen LogP contribution in [0.1, 0.15) is 23.2 Å². The number of aromatic nitrogens is 1. The van der Waals surface area contributed by atoms with Crippen molar-refractivity contribution in [1.82, 2.24) is 13.8 Å². The van der Waals surface area contributed by atoms with Gasteiger partial charge in [0.25, 0.3) is 11.8 Å². The van der Waals surface area contributed by atoms with Crippen LogP contribution in [0.4, 0.5) is 0 Å². The number of hydrogen-bond donors (Lipinski definition) is 2. The van der Waals surface area contributed by atoms with E-state index in [1.165, 1.54) is 6.20 Å². The first kappa shape index (κ1) is 21.6. The maximum Gasteiger partial charge on any atom is 0.302 e. The molecule has 1 saturated carbocycles. The lowest BCUT2D eigenvalue weighted by molar-refractivity contribution is -0.143. The summed E-state index contributed by atoms with van der Waals surface area (Å²) in [4.78, 5) is 28.5. The van der Waals surface area contributed by atoms with E-state index in [0.29, 0.717) is 50.1 Å². The summed E-state index contributed by atoms with van der Waals surface area (Å²) in [5.74, 6) is -0.346. The van der Waals surface area contributed by atoms with Gasteiger partial charge >= 0.3 is 10.2 Å². The maximum atomic E-state index is 12.9. The molecule has 2 aromatic carbocycles. The average molecular weight is 469 g/mol. The molecular weight excluding hydrogens is 444 g/mol. The molecule has 0 spiro atoms. The van der Waals surface area contributed by atoms with Crippen LogP contribution < -0.4 is 5.14 Å². The SMILES string of the molecule is NS(=O)(=O)n1ccc2ccc(-c3ccc(C(=O)N4CCN(C(=O)C5(O)CC5)CC4)cc3)cc21. The summed E-state index contributed by atoms with van der Waals surface area (Å²) >= 11 is 0. The quantitative estimate of drug-likeness (QED) is 0.595. The van der Waals surface area contributed by atoms with Crippen LogP contribution in [0.25, 0.3) is 22.0 Å². The summed E-state index contributed by atoms with van der Waals surface area (Å²) in [6, 6.07) is 14.3. The first-order chi connectivity index (χ1) is 15.7. The Hall–Kier alpha value is -3.21. The summed E-state index contributed by atoms with van der Waals surface area (Å²) < 4.78 is 24.6. The Morgan fingerprint density at radius 3 is 2.09 bits per heavy atom. The lowest BCUT2D eigenvalue weighted by Gasteiger charge is -2.35. The lowest BCUT2D eigenvalue weighted by Crippen LogP contribution is -2.53. The van der Waals surface area contributed by atoms with Gasteiger partial charge in [-0.3, -0.25) is 9.59 Å². The standard InChI is InChI=1S/C23H24N4O5S/c24-33(31,32)27-10-7-17-3-6-19(15-20(17)27)16-1-4-18(5-2-16)21(28)25-11-13-26(14-12-25)22(29)23(30)8-9-23/h1-7,10,15,30H,8-9,11-14H2,(H2,24,31,32). The van der Waals surface area contributed by atoms with Crippen LogP contribution in [-0.4, -0.2) is 70.9 Å². The number of amides is 2. The van der Waals surface area contributed by atoms with E-state index in [9.17, 15) is 23.1 Å². The second kappa shape index (κ2) is 7.68. The number of fused-ring (bicyclic) bond motifs is 1. The molecule has 10 heteroatoms. The summed E-state index contributed by atoms with van der Waals surface area (Å²) in [5, 5.41) is 16.1. The minimum Gasteiger partial charge on any atom is -0.380 e.